The highest BCUT2D eigenvalue weighted by Gasteiger charge is 2.05. The summed E-state index contributed by atoms with van der Waals surface area (Å²) in [6, 6.07) is 16.2. The smallest absolute Gasteiger partial charge is 0.136 e. The molecule has 0 saturated carbocycles. The van der Waals surface area contributed by atoms with Crippen molar-refractivity contribution in [2.45, 2.75) is 27.3 Å². The number of rotatable bonds is 6. The SMILES string of the molecule is COc1ccc(CNc2cc(Nc3ccc(C)cc3C)nc(C)n2)cc1. The lowest BCUT2D eigenvalue weighted by molar-refractivity contribution is 0.414. The van der Waals surface area contributed by atoms with E-state index in [-0.39, 0.29) is 0 Å². The molecule has 0 saturated heterocycles. The Kier molecular flexibility index (Phi) is 5.37. The third kappa shape index (κ3) is 4.51. The Labute approximate surface area is 154 Å². The zero-order valence-electron chi connectivity index (χ0n) is 15.6. The van der Waals surface area contributed by atoms with Gasteiger partial charge >= 0.3 is 0 Å². The van der Waals surface area contributed by atoms with Gasteiger partial charge in [0.15, 0.2) is 0 Å². The van der Waals surface area contributed by atoms with Crippen LogP contribution in [0.25, 0.3) is 0 Å². The Morgan fingerprint density at radius 3 is 2.31 bits per heavy atom. The molecular formula is C21H24N4O. The average Bonchev–Trinajstić information content (AvgIpc) is 2.62. The predicted molar refractivity (Wildman–Crippen MR) is 106 cm³/mol. The van der Waals surface area contributed by atoms with Gasteiger partial charge in [-0.05, 0) is 50.1 Å². The van der Waals surface area contributed by atoms with Gasteiger partial charge in [-0.1, -0.05) is 29.8 Å². The number of anilines is 3. The van der Waals surface area contributed by atoms with Crippen LogP contribution in [-0.2, 0) is 6.54 Å². The second kappa shape index (κ2) is 7.87. The van der Waals surface area contributed by atoms with E-state index in [0.717, 1.165) is 34.5 Å². The van der Waals surface area contributed by atoms with Crippen LogP contribution in [0.5, 0.6) is 5.75 Å². The van der Waals surface area contributed by atoms with Crippen LogP contribution in [0.1, 0.15) is 22.5 Å². The van der Waals surface area contributed by atoms with E-state index >= 15 is 0 Å². The second-order valence-corrected chi connectivity index (χ2v) is 6.33. The summed E-state index contributed by atoms with van der Waals surface area (Å²) in [5, 5.41) is 6.74. The van der Waals surface area contributed by atoms with Gasteiger partial charge in [-0.2, -0.15) is 0 Å². The van der Waals surface area contributed by atoms with Gasteiger partial charge in [-0.3, -0.25) is 0 Å². The fourth-order valence-electron chi connectivity index (χ4n) is 2.75. The molecule has 0 radical (unpaired) electrons. The zero-order valence-corrected chi connectivity index (χ0v) is 15.6. The van der Waals surface area contributed by atoms with Crippen LogP contribution in [0, 0.1) is 20.8 Å². The molecule has 26 heavy (non-hydrogen) atoms. The highest BCUT2D eigenvalue weighted by atomic mass is 16.5. The summed E-state index contributed by atoms with van der Waals surface area (Å²) in [5.74, 6) is 3.14. The molecule has 0 unspecified atom stereocenters. The average molecular weight is 348 g/mol. The lowest BCUT2D eigenvalue weighted by atomic mass is 10.1. The number of hydrogen-bond acceptors (Lipinski definition) is 5. The van der Waals surface area contributed by atoms with Gasteiger partial charge in [0.2, 0.25) is 0 Å². The molecule has 134 valence electrons. The second-order valence-electron chi connectivity index (χ2n) is 6.33. The molecule has 1 aromatic heterocycles. The molecule has 0 aliphatic rings. The molecule has 0 amide bonds. The van der Waals surface area contributed by atoms with E-state index in [9.17, 15) is 0 Å². The van der Waals surface area contributed by atoms with E-state index in [1.165, 1.54) is 11.1 Å². The molecule has 0 aliphatic carbocycles. The van der Waals surface area contributed by atoms with Crippen molar-refractivity contribution in [3.8, 4) is 5.75 Å². The van der Waals surface area contributed by atoms with E-state index in [1.54, 1.807) is 7.11 Å². The van der Waals surface area contributed by atoms with Crippen molar-refractivity contribution in [2.24, 2.45) is 0 Å². The Morgan fingerprint density at radius 2 is 1.62 bits per heavy atom. The molecule has 0 atom stereocenters. The van der Waals surface area contributed by atoms with E-state index in [2.05, 4.69) is 52.6 Å². The summed E-state index contributed by atoms with van der Waals surface area (Å²) in [6.45, 7) is 6.76. The highest BCUT2D eigenvalue weighted by molar-refractivity contribution is 5.63. The number of nitrogens with zero attached hydrogens (tertiary/aromatic N) is 2. The van der Waals surface area contributed by atoms with Crippen LogP contribution in [0.15, 0.2) is 48.5 Å². The minimum Gasteiger partial charge on any atom is -0.497 e. The van der Waals surface area contributed by atoms with E-state index in [0.29, 0.717) is 6.54 Å². The fraction of sp³-hybridized carbons (Fsp3) is 0.238. The number of ether oxygens (including phenoxy) is 1. The monoisotopic (exact) mass is 348 g/mol. The number of aryl methyl sites for hydroxylation is 3. The largest absolute Gasteiger partial charge is 0.497 e. The molecule has 5 heteroatoms. The quantitative estimate of drug-likeness (QED) is 0.672. The number of nitrogens with one attached hydrogen (secondary N) is 2. The van der Waals surface area contributed by atoms with Crippen molar-refractivity contribution >= 4 is 17.3 Å². The van der Waals surface area contributed by atoms with Crippen LogP contribution in [0.2, 0.25) is 0 Å². The topological polar surface area (TPSA) is 59.1 Å². The first-order chi connectivity index (χ1) is 12.5. The summed E-state index contributed by atoms with van der Waals surface area (Å²) in [6.07, 6.45) is 0. The van der Waals surface area contributed by atoms with Crippen LogP contribution in [-0.4, -0.2) is 17.1 Å². The predicted octanol–water partition coefficient (Wildman–Crippen LogP) is 4.77. The Hall–Kier alpha value is -3.08. The Bertz CT molecular complexity index is 891. The zero-order chi connectivity index (χ0) is 18.5. The summed E-state index contributed by atoms with van der Waals surface area (Å²) in [5.41, 5.74) is 4.64. The number of aromatic nitrogens is 2. The lowest BCUT2D eigenvalue weighted by Gasteiger charge is -2.12. The van der Waals surface area contributed by atoms with Crippen molar-refractivity contribution in [1.82, 2.24) is 9.97 Å². The van der Waals surface area contributed by atoms with Crippen LogP contribution in [0.4, 0.5) is 17.3 Å². The maximum Gasteiger partial charge on any atom is 0.136 e. The molecule has 1 heterocycles. The first-order valence-electron chi connectivity index (χ1n) is 8.60. The summed E-state index contributed by atoms with van der Waals surface area (Å²) >= 11 is 0. The van der Waals surface area contributed by atoms with Crippen molar-refractivity contribution in [2.75, 3.05) is 17.7 Å². The van der Waals surface area contributed by atoms with Gasteiger partial charge in [0.25, 0.3) is 0 Å². The first-order valence-corrected chi connectivity index (χ1v) is 8.60. The highest BCUT2D eigenvalue weighted by Crippen LogP contribution is 2.22. The van der Waals surface area contributed by atoms with Crippen LogP contribution >= 0.6 is 0 Å². The molecular weight excluding hydrogens is 324 g/mol. The van der Waals surface area contributed by atoms with Gasteiger partial charge in [-0.25, -0.2) is 9.97 Å². The van der Waals surface area contributed by atoms with Crippen LogP contribution < -0.4 is 15.4 Å². The molecule has 0 fully saturated rings. The van der Waals surface area contributed by atoms with Gasteiger partial charge in [0, 0.05) is 18.3 Å². The van der Waals surface area contributed by atoms with Crippen molar-refractivity contribution in [1.29, 1.82) is 0 Å². The third-order valence-corrected chi connectivity index (χ3v) is 4.12. The maximum atomic E-state index is 5.19. The molecule has 3 rings (SSSR count). The molecule has 0 aliphatic heterocycles. The Balaban J connectivity index is 1.72. The standard InChI is InChI=1S/C21H24N4O/c1-14-5-10-19(15(2)11-14)25-21-12-20(23-16(3)24-21)22-13-17-6-8-18(26-4)9-7-17/h5-12H,13H2,1-4H3,(H2,22,23,24,25). The molecule has 0 bridgehead atoms. The molecule has 2 aromatic carbocycles. The lowest BCUT2D eigenvalue weighted by Crippen LogP contribution is -2.05. The summed E-state index contributed by atoms with van der Waals surface area (Å²) in [7, 11) is 1.67. The fourth-order valence-corrected chi connectivity index (χ4v) is 2.75. The minimum atomic E-state index is 0.684. The van der Waals surface area contributed by atoms with Gasteiger partial charge in [-0.15, -0.1) is 0 Å². The normalized spacial score (nSPS) is 10.5. The van der Waals surface area contributed by atoms with E-state index in [4.69, 9.17) is 4.74 Å². The van der Waals surface area contributed by atoms with E-state index < -0.39 is 0 Å². The summed E-state index contributed by atoms with van der Waals surface area (Å²) in [4.78, 5) is 8.97. The van der Waals surface area contributed by atoms with Crippen molar-refractivity contribution in [3.05, 3.63) is 71.0 Å². The van der Waals surface area contributed by atoms with Gasteiger partial charge in [0.05, 0.1) is 7.11 Å². The van der Waals surface area contributed by atoms with Gasteiger partial charge in [0.1, 0.15) is 23.2 Å². The molecule has 0 spiro atoms. The molecule has 3 aromatic rings. The minimum absolute atomic E-state index is 0.684. The first kappa shape index (κ1) is 17.7. The molecule has 5 nitrogen and oxygen atoms in total. The van der Waals surface area contributed by atoms with Gasteiger partial charge < -0.3 is 15.4 Å². The van der Waals surface area contributed by atoms with Crippen molar-refractivity contribution < 1.29 is 4.74 Å². The number of hydrogen-bond donors (Lipinski definition) is 2. The van der Waals surface area contributed by atoms with Crippen molar-refractivity contribution in [3.63, 3.8) is 0 Å². The maximum absolute atomic E-state index is 5.19. The Morgan fingerprint density at radius 1 is 0.885 bits per heavy atom. The molecule has 2 N–H and O–H groups in total. The third-order valence-electron chi connectivity index (χ3n) is 4.12. The number of methoxy groups -OCH3 is 1. The summed E-state index contributed by atoms with van der Waals surface area (Å²) < 4.78 is 5.19. The van der Waals surface area contributed by atoms with Crippen LogP contribution in [0.3, 0.4) is 0 Å². The number of benzene rings is 2. The van der Waals surface area contributed by atoms with E-state index in [1.807, 2.05) is 37.3 Å².